The molecule has 86 valence electrons. The molecule has 0 radical (unpaired) electrons. The number of rotatable bonds is 2. The van der Waals surface area contributed by atoms with Crippen LogP contribution in [0.2, 0.25) is 18.1 Å². The Bertz CT molecular complexity index is 313. The van der Waals surface area contributed by atoms with E-state index in [0.29, 0.717) is 12.2 Å². The van der Waals surface area contributed by atoms with Gasteiger partial charge in [0.1, 0.15) is 0 Å². The van der Waals surface area contributed by atoms with Crippen LogP contribution >= 0.6 is 15.9 Å². The van der Waals surface area contributed by atoms with E-state index in [0.717, 1.165) is 10.9 Å². The summed E-state index contributed by atoms with van der Waals surface area (Å²) in [6.07, 6.45) is 1.38. The average molecular weight is 291 g/mol. The van der Waals surface area contributed by atoms with Gasteiger partial charge < -0.3 is 4.43 Å². The Hall–Kier alpha value is -0.0931. The molecule has 2 nitrogen and oxygen atoms in total. The van der Waals surface area contributed by atoms with Crippen molar-refractivity contribution in [3.05, 3.63) is 10.2 Å². The summed E-state index contributed by atoms with van der Waals surface area (Å²) in [6.45, 7) is 10.8. The maximum absolute atomic E-state index is 11.6. The normalized spacial score (nSPS) is 18.7. The third-order valence-corrected chi connectivity index (χ3v) is 8.32. The van der Waals surface area contributed by atoms with Gasteiger partial charge in [0.2, 0.25) is 0 Å². The monoisotopic (exact) mass is 290 g/mol. The summed E-state index contributed by atoms with van der Waals surface area (Å²) in [6, 6.07) is 0. The topological polar surface area (TPSA) is 26.3 Å². The molecular formula is C11H19BrO2Si. The van der Waals surface area contributed by atoms with Gasteiger partial charge in [-0.2, -0.15) is 0 Å². The lowest BCUT2D eigenvalue weighted by Crippen LogP contribution is -2.41. The zero-order valence-corrected chi connectivity index (χ0v) is 12.7. The van der Waals surface area contributed by atoms with E-state index in [9.17, 15) is 4.79 Å². The van der Waals surface area contributed by atoms with Crippen molar-refractivity contribution in [2.75, 3.05) is 0 Å². The van der Waals surface area contributed by atoms with Gasteiger partial charge in [-0.05, 0) is 24.6 Å². The lowest BCUT2D eigenvalue weighted by Gasteiger charge is -2.36. The second-order valence-electron chi connectivity index (χ2n) is 5.52. The van der Waals surface area contributed by atoms with E-state index < -0.39 is 8.32 Å². The van der Waals surface area contributed by atoms with Crippen LogP contribution in [0.4, 0.5) is 0 Å². The van der Waals surface area contributed by atoms with E-state index in [1.54, 1.807) is 0 Å². The molecule has 0 spiro atoms. The maximum Gasteiger partial charge on any atom is 0.250 e. The third-order valence-electron chi connectivity index (χ3n) is 3.23. The van der Waals surface area contributed by atoms with Crippen molar-refractivity contribution >= 4 is 30.0 Å². The molecular weight excluding hydrogens is 272 g/mol. The Morgan fingerprint density at radius 1 is 1.27 bits per heavy atom. The fourth-order valence-corrected chi connectivity index (χ4v) is 2.83. The highest BCUT2D eigenvalue weighted by Gasteiger charge is 2.41. The number of carbonyl (C=O) groups is 1. The average Bonchev–Trinajstić information content (AvgIpc) is 2.33. The van der Waals surface area contributed by atoms with Gasteiger partial charge >= 0.3 is 0 Å². The van der Waals surface area contributed by atoms with Gasteiger partial charge in [0, 0.05) is 10.9 Å². The van der Waals surface area contributed by atoms with Crippen molar-refractivity contribution in [1.29, 1.82) is 0 Å². The zero-order valence-electron chi connectivity index (χ0n) is 10.1. The molecule has 0 bridgehead atoms. The molecule has 1 aliphatic rings. The molecule has 1 rings (SSSR count). The van der Waals surface area contributed by atoms with Gasteiger partial charge in [-0.15, -0.1) is 0 Å². The summed E-state index contributed by atoms with van der Waals surface area (Å²) in [5, 5.41) is 0.135. The van der Waals surface area contributed by atoms with Crippen LogP contribution in [-0.4, -0.2) is 14.1 Å². The number of Topliss-reactive ketones (excluding diaryl/α,β-unsaturated/α-hetero) is 1. The molecule has 0 atom stereocenters. The Balaban J connectivity index is 2.87. The summed E-state index contributed by atoms with van der Waals surface area (Å²) in [7, 11) is -1.86. The highest BCUT2D eigenvalue weighted by Crippen LogP contribution is 2.40. The fraction of sp³-hybridized carbons (Fsp3) is 0.727. The molecule has 0 unspecified atom stereocenters. The van der Waals surface area contributed by atoms with Gasteiger partial charge in [0.15, 0.2) is 11.5 Å². The lowest BCUT2D eigenvalue weighted by atomic mass is 10.2. The molecule has 0 fully saturated rings. The SMILES string of the molecule is CC(C)(C)[Si](C)(C)OC1=C(Br)CCC1=O. The van der Waals surface area contributed by atoms with E-state index in [1.807, 2.05) is 0 Å². The summed E-state index contributed by atoms with van der Waals surface area (Å²) < 4.78 is 6.95. The number of carbonyl (C=O) groups excluding carboxylic acids is 1. The molecule has 0 aromatic carbocycles. The van der Waals surface area contributed by atoms with Crippen LogP contribution in [0.5, 0.6) is 0 Å². The predicted octanol–water partition coefficient (Wildman–Crippen LogP) is 3.98. The molecule has 0 amide bonds. The first-order valence-corrected chi connectivity index (χ1v) is 8.96. The Morgan fingerprint density at radius 2 is 1.80 bits per heavy atom. The summed E-state index contributed by atoms with van der Waals surface area (Å²) in [5.74, 6) is 0.730. The molecule has 15 heavy (non-hydrogen) atoms. The first-order valence-electron chi connectivity index (χ1n) is 5.26. The second-order valence-corrected chi connectivity index (χ2v) is 11.2. The van der Waals surface area contributed by atoms with Crippen LogP contribution < -0.4 is 0 Å². The largest absolute Gasteiger partial charge is 0.541 e. The Morgan fingerprint density at radius 3 is 2.13 bits per heavy atom. The quantitative estimate of drug-likeness (QED) is 0.719. The summed E-state index contributed by atoms with van der Waals surface area (Å²) in [4.78, 5) is 11.6. The molecule has 0 aromatic heterocycles. The van der Waals surface area contributed by atoms with E-state index in [2.05, 4.69) is 49.8 Å². The van der Waals surface area contributed by atoms with Crippen LogP contribution in [0.25, 0.3) is 0 Å². The van der Waals surface area contributed by atoms with Gasteiger partial charge in [0.25, 0.3) is 8.32 Å². The molecule has 4 heteroatoms. The molecule has 0 heterocycles. The zero-order chi connectivity index (χ0) is 11.9. The molecule has 0 aromatic rings. The third kappa shape index (κ3) is 2.72. The van der Waals surface area contributed by atoms with Crippen molar-refractivity contribution in [2.24, 2.45) is 0 Å². The minimum absolute atomic E-state index is 0.135. The second kappa shape index (κ2) is 4.05. The van der Waals surface area contributed by atoms with E-state index >= 15 is 0 Å². The Kier molecular flexibility index (Phi) is 3.51. The molecule has 1 aliphatic carbocycles. The Labute approximate surface area is 101 Å². The highest BCUT2D eigenvalue weighted by atomic mass is 79.9. The van der Waals surface area contributed by atoms with E-state index in [1.165, 1.54) is 0 Å². The minimum atomic E-state index is -1.86. The van der Waals surface area contributed by atoms with Crippen molar-refractivity contribution in [2.45, 2.75) is 51.7 Å². The first-order chi connectivity index (χ1) is 6.65. The first kappa shape index (κ1) is 13.0. The molecule has 0 aliphatic heterocycles. The standard InChI is InChI=1S/C11H19BrO2Si/c1-11(2,3)15(4,5)14-10-8(12)6-7-9(10)13/h6-7H2,1-5H3. The van der Waals surface area contributed by atoms with Crippen LogP contribution in [0.3, 0.4) is 0 Å². The number of hydrogen-bond acceptors (Lipinski definition) is 2. The summed E-state index contributed by atoms with van der Waals surface area (Å²) >= 11 is 3.42. The number of ketones is 1. The van der Waals surface area contributed by atoms with Crippen LogP contribution in [0.15, 0.2) is 10.2 Å². The van der Waals surface area contributed by atoms with Gasteiger partial charge in [0.05, 0.1) is 0 Å². The number of hydrogen-bond donors (Lipinski definition) is 0. The van der Waals surface area contributed by atoms with Crippen molar-refractivity contribution in [1.82, 2.24) is 0 Å². The van der Waals surface area contributed by atoms with E-state index in [4.69, 9.17) is 4.43 Å². The van der Waals surface area contributed by atoms with Crippen LogP contribution in [0.1, 0.15) is 33.6 Å². The predicted molar refractivity (Wildman–Crippen MR) is 68.5 cm³/mol. The van der Waals surface area contributed by atoms with Gasteiger partial charge in [-0.1, -0.05) is 36.7 Å². The van der Waals surface area contributed by atoms with E-state index in [-0.39, 0.29) is 10.8 Å². The van der Waals surface area contributed by atoms with Gasteiger partial charge in [-0.3, -0.25) is 4.79 Å². The van der Waals surface area contributed by atoms with Crippen LogP contribution in [0, 0.1) is 0 Å². The van der Waals surface area contributed by atoms with Gasteiger partial charge in [-0.25, -0.2) is 0 Å². The fourth-order valence-electron chi connectivity index (χ4n) is 1.12. The van der Waals surface area contributed by atoms with Crippen LogP contribution in [-0.2, 0) is 9.22 Å². The minimum Gasteiger partial charge on any atom is -0.541 e. The molecule has 0 saturated heterocycles. The van der Waals surface area contributed by atoms with Crippen molar-refractivity contribution in [3.8, 4) is 0 Å². The smallest absolute Gasteiger partial charge is 0.250 e. The molecule has 0 saturated carbocycles. The van der Waals surface area contributed by atoms with Crippen molar-refractivity contribution in [3.63, 3.8) is 0 Å². The highest BCUT2D eigenvalue weighted by molar-refractivity contribution is 9.11. The molecule has 0 N–H and O–H groups in total. The number of halogens is 1. The lowest BCUT2D eigenvalue weighted by molar-refractivity contribution is -0.116. The van der Waals surface area contributed by atoms with Crippen molar-refractivity contribution < 1.29 is 9.22 Å². The maximum atomic E-state index is 11.6. The number of allylic oxidation sites excluding steroid dienone is 2. The summed E-state index contributed by atoms with van der Waals surface area (Å²) in [5.41, 5.74) is 0.